The Kier molecular flexibility index (Phi) is 7.04. The first-order chi connectivity index (χ1) is 17.8. The van der Waals surface area contributed by atoms with Crippen molar-refractivity contribution in [3.63, 3.8) is 0 Å². The number of carboxylic acids is 2. The molecule has 5 rings (SSSR count). The first-order valence-electron chi connectivity index (χ1n) is 12.1. The van der Waals surface area contributed by atoms with Gasteiger partial charge in [-0.1, -0.05) is 0 Å². The lowest BCUT2D eigenvalue weighted by atomic mass is 9.97. The minimum atomic E-state index is -0.853. The Bertz CT molecular complexity index is 1400. The molecule has 0 spiro atoms. The molecule has 0 saturated heterocycles. The Morgan fingerprint density at radius 3 is 1.46 bits per heavy atom. The highest BCUT2D eigenvalue weighted by Gasteiger charge is 2.24. The second-order valence-electron chi connectivity index (χ2n) is 9.28. The molecule has 4 aromatic heterocycles. The maximum absolute atomic E-state index is 11.0. The molecule has 1 aliphatic carbocycles. The summed E-state index contributed by atoms with van der Waals surface area (Å²) in [6.07, 6.45) is 10.5. The van der Waals surface area contributed by atoms with Crippen LogP contribution in [-0.2, 0) is 22.7 Å². The minimum Gasteiger partial charge on any atom is -0.477 e. The molecule has 0 radical (unpaired) electrons. The molecule has 4 heterocycles. The Hall–Kier alpha value is -3.62. The quantitative estimate of drug-likeness (QED) is 0.290. The zero-order valence-corrected chi connectivity index (χ0v) is 22.4. The summed E-state index contributed by atoms with van der Waals surface area (Å²) in [5.74, 6) is -1.71. The van der Waals surface area contributed by atoms with Crippen molar-refractivity contribution in [2.75, 3.05) is 0 Å². The number of hydrogen-bond donors (Lipinski definition) is 2. The minimum absolute atomic E-state index is 0.0431. The Morgan fingerprint density at radius 2 is 1.11 bits per heavy atom. The Balaban J connectivity index is 1.45. The van der Waals surface area contributed by atoms with Crippen molar-refractivity contribution < 1.29 is 28.9 Å². The number of aromatic nitrogens is 2. The normalized spacial score (nSPS) is 13.4. The Morgan fingerprint density at radius 1 is 0.730 bits per heavy atom. The maximum atomic E-state index is 11.0. The molecule has 0 saturated carbocycles. The van der Waals surface area contributed by atoms with Gasteiger partial charge in [0.15, 0.2) is 24.8 Å². The molecule has 2 N–H and O–H groups in total. The number of aryl methyl sites for hydroxylation is 2. The molecular formula is C29H28N2O4S2+2. The molecule has 1 aliphatic rings. The van der Waals surface area contributed by atoms with E-state index in [1.807, 2.05) is 49.1 Å². The van der Waals surface area contributed by atoms with Crippen molar-refractivity contribution in [1.82, 2.24) is 0 Å². The van der Waals surface area contributed by atoms with Gasteiger partial charge in [-0.15, -0.1) is 22.7 Å². The fourth-order valence-electron chi connectivity index (χ4n) is 4.95. The molecule has 188 valence electrons. The average Bonchev–Trinajstić information content (AvgIpc) is 3.57. The first-order valence-corrected chi connectivity index (χ1v) is 13.8. The second kappa shape index (κ2) is 10.4. The van der Waals surface area contributed by atoms with E-state index in [9.17, 15) is 9.59 Å². The molecule has 6 nitrogen and oxygen atoms in total. The van der Waals surface area contributed by atoms with Crippen LogP contribution >= 0.6 is 22.7 Å². The van der Waals surface area contributed by atoms with Gasteiger partial charge in [0.1, 0.15) is 0 Å². The number of allylic oxidation sites excluding steroid dienone is 2. The van der Waals surface area contributed by atoms with Crippen LogP contribution in [0.2, 0.25) is 0 Å². The zero-order valence-electron chi connectivity index (χ0n) is 20.7. The largest absolute Gasteiger partial charge is 0.477 e. The lowest BCUT2D eigenvalue weighted by molar-refractivity contribution is -0.685. The summed E-state index contributed by atoms with van der Waals surface area (Å²) in [7, 11) is 0. The summed E-state index contributed by atoms with van der Waals surface area (Å²) >= 11 is 3.56. The fourth-order valence-corrected chi connectivity index (χ4v) is 7.06. The van der Waals surface area contributed by atoms with Crippen molar-refractivity contribution in [2.24, 2.45) is 0 Å². The third-order valence-electron chi connectivity index (χ3n) is 6.69. The summed E-state index contributed by atoms with van der Waals surface area (Å²) in [5, 5.41) is 18.0. The van der Waals surface area contributed by atoms with Crippen LogP contribution in [0.4, 0.5) is 0 Å². The van der Waals surface area contributed by atoms with Crippen LogP contribution in [0, 0.1) is 13.8 Å². The number of pyridine rings is 2. The van der Waals surface area contributed by atoms with Gasteiger partial charge in [0.2, 0.25) is 13.1 Å². The second-order valence-corrected chi connectivity index (χ2v) is 11.8. The highest BCUT2D eigenvalue weighted by Crippen LogP contribution is 2.47. The fraction of sp³-hybridized carbons (Fsp3) is 0.241. The molecule has 37 heavy (non-hydrogen) atoms. The predicted octanol–water partition coefficient (Wildman–Crippen LogP) is 5.60. The van der Waals surface area contributed by atoms with Gasteiger partial charge in [0.25, 0.3) is 0 Å². The van der Waals surface area contributed by atoms with Crippen LogP contribution < -0.4 is 9.13 Å². The summed E-state index contributed by atoms with van der Waals surface area (Å²) < 4.78 is 3.33. The molecule has 0 fully saturated rings. The van der Waals surface area contributed by atoms with Crippen LogP contribution in [-0.4, -0.2) is 22.2 Å². The third kappa shape index (κ3) is 5.40. The van der Waals surface area contributed by atoms with Gasteiger partial charge in [-0.05, 0) is 67.5 Å². The summed E-state index contributed by atoms with van der Waals surface area (Å²) in [4.78, 5) is 26.9. The van der Waals surface area contributed by atoms with Crippen LogP contribution in [0.5, 0.6) is 0 Å². The van der Waals surface area contributed by atoms with E-state index in [0.29, 0.717) is 0 Å². The summed E-state index contributed by atoms with van der Waals surface area (Å²) in [6.45, 7) is 4.28. The molecule has 4 aromatic rings. The molecular weight excluding hydrogens is 504 g/mol. The van der Waals surface area contributed by atoms with Gasteiger partial charge in [0.05, 0.1) is 0 Å². The topological polar surface area (TPSA) is 82.4 Å². The number of hydrogen-bond acceptors (Lipinski definition) is 4. The van der Waals surface area contributed by atoms with E-state index in [2.05, 4.69) is 26.0 Å². The third-order valence-corrected chi connectivity index (χ3v) is 8.89. The van der Waals surface area contributed by atoms with Crippen molar-refractivity contribution in [3.8, 4) is 20.9 Å². The Labute approximate surface area is 223 Å². The standard InChI is InChI=1S/C29H26N2O4S2/c1-18-24(14-26(36-18)20-6-10-30(11-7-20)16-28(32)33)22-4-3-5-23(22)25-15-27(37-19(25)2)21-8-12-31(13-9-21)17-29(34)35/h6-15H,3-5,16-17H2,1-2H3/p+2. The molecule has 0 aromatic carbocycles. The summed E-state index contributed by atoms with van der Waals surface area (Å²) in [5.41, 5.74) is 7.68. The average molecular weight is 533 g/mol. The van der Waals surface area contributed by atoms with Gasteiger partial charge in [-0.25, -0.2) is 9.59 Å². The van der Waals surface area contributed by atoms with E-state index in [-0.39, 0.29) is 13.1 Å². The molecule has 0 aliphatic heterocycles. The van der Waals surface area contributed by atoms with E-state index in [4.69, 9.17) is 10.2 Å². The highest BCUT2D eigenvalue weighted by atomic mass is 32.1. The number of thiophene rings is 2. The van der Waals surface area contributed by atoms with Crippen LogP contribution in [0.1, 0.15) is 40.1 Å². The number of aliphatic carboxylic acids is 2. The van der Waals surface area contributed by atoms with Crippen molar-refractivity contribution >= 4 is 45.8 Å². The predicted molar refractivity (Wildman–Crippen MR) is 145 cm³/mol. The molecule has 0 unspecified atom stereocenters. The van der Waals surface area contributed by atoms with E-state index < -0.39 is 11.9 Å². The van der Waals surface area contributed by atoms with Crippen LogP contribution in [0.15, 0.2) is 61.2 Å². The SMILES string of the molecule is Cc1sc(-c2cc[n+](CC(=O)O)cc2)cc1C1=C(c2cc(-c3cc[n+](CC(=O)O)cc3)sc2C)CCC1. The van der Waals surface area contributed by atoms with Crippen LogP contribution in [0.25, 0.3) is 32.0 Å². The molecule has 0 amide bonds. The molecule has 8 heteroatoms. The monoisotopic (exact) mass is 532 g/mol. The first kappa shape index (κ1) is 25.0. The van der Waals surface area contributed by atoms with Crippen molar-refractivity contribution in [2.45, 2.75) is 46.2 Å². The lowest BCUT2D eigenvalue weighted by Crippen LogP contribution is -2.36. The number of carbonyl (C=O) groups is 2. The van der Waals surface area contributed by atoms with Gasteiger partial charge >= 0.3 is 11.9 Å². The number of rotatable bonds is 8. The zero-order chi connectivity index (χ0) is 26.1. The van der Waals surface area contributed by atoms with Gasteiger partial charge in [0, 0.05) is 54.9 Å². The number of nitrogens with zero attached hydrogens (tertiary/aromatic N) is 2. The molecule has 0 atom stereocenters. The van der Waals surface area contributed by atoms with Crippen LogP contribution in [0.3, 0.4) is 0 Å². The van der Waals surface area contributed by atoms with E-state index in [1.54, 1.807) is 31.8 Å². The van der Waals surface area contributed by atoms with E-state index in [1.165, 1.54) is 41.8 Å². The van der Waals surface area contributed by atoms with Gasteiger partial charge < -0.3 is 10.2 Å². The van der Waals surface area contributed by atoms with E-state index in [0.717, 1.165) is 30.4 Å². The highest BCUT2D eigenvalue weighted by molar-refractivity contribution is 7.16. The number of carboxylic acid groups (broad SMARTS) is 2. The van der Waals surface area contributed by atoms with Crippen molar-refractivity contribution in [1.29, 1.82) is 0 Å². The smallest absolute Gasteiger partial charge is 0.370 e. The van der Waals surface area contributed by atoms with Crippen molar-refractivity contribution in [3.05, 3.63) is 82.1 Å². The summed E-state index contributed by atoms with van der Waals surface area (Å²) in [6, 6.07) is 12.5. The molecule has 0 bridgehead atoms. The van der Waals surface area contributed by atoms with E-state index >= 15 is 0 Å². The maximum Gasteiger partial charge on any atom is 0.370 e. The lowest BCUT2D eigenvalue weighted by Gasteiger charge is -2.07. The van der Waals surface area contributed by atoms with Gasteiger partial charge in [-0.3, -0.25) is 0 Å². The van der Waals surface area contributed by atoms with Gasteiger partial charge in [-0.2, -0.15) is 9.13 Å².